The molecule has 0 saturated heterocycles. The molecule has 0 radical (unpaired) electrons. The minimum atomic E-state index is -0.395. The van der Waals surface area contributed by atoms with Crippen LogP contribution in [0, 0.1) is 5.82 Å². The molecule has 0 aliphatic heterocycles. The van der Waals surface area contributed by atoms with E-state index >= 15 is 0 Å². The topological polar surface area (TPSA) is 55.1 Å². The molecule has 0 unspecified atom stereocenters. The van der Waals surface area contributed by atoms with Gasteiger partial charge < -0.3 is 9.73 Å². The number of aromatic nitrogens is 1. The van der Waals surface area contributed by atoms with Gasteiger partial charge in [-0.25, -0.2) is 4.39 Å². The third-order valence-electron chi connectivity index (χ3n) is 4.21. The number of hydrogen-bond donors (Lipinski definition) is 1. The van der Waals surface area contributed by atoms with Gasteiger partial charge in [-0.1, -0.05) is 18.2 Å². The number of halogens is 1. The number of furan rings is 1. The van der Waals surface area contributed by atoms with Crippen LogP contribution in [0.1, 0.15) is 16.1 Å². The molecule has 0 fully saturated rings. The second-order valence-corrected chi connectivity index (χ2v) is 7.32. The van der Waals surface area contributed by atoms with Crippen molar-refractivity contribution in [2.24, 2.45) is 0 Å². The monoisotopic (exact) mass is 404 g/mol. The fourth-order valence-corrected chi connectivity index (χ4v) is 3.58. The smallest absolute Gasteiger partial charge is 0.291 e. The lowest BCUT2D eigenvalue weighted by Crippen LogP contribution is -2.10. The molecule has 29 heavy (non-hydrogen) atoms. The van der Waals surface area contributed by atoms with Crippen LogP contribution in [-0.4, -0.2) is 10.9 Å². The number of hydrogen-bond acceptors (Lipinski definition) is 4. The summed E-state index contributed by atoms with van der Waals surface area (Å²) in [6.45, 7) is 0. The Morgan fingerprint density at radius 2 is 1.83 bits per heavy atom. The highest BCUT2D eigenvalue weighted by atomic mass is 32.2. The Morgan fingerprint density at radius 3 is 2.59 bits per heavy atom. The molecule has 4 aromatic rings. The molecule has 2 aromatic carbocycles. The number of benzene rings is 2. The second-order valence-electron chi connectivity index (χ2n) is 6.27. The maximum Gasteiger partial charge on any atom is 0.291 e. The van der Waals surface area contributed by atoms with Gasteiger partial charge in [-0.05, 0) is 60.2 Å². The van der Waals surface area contributed by atoms with Crippen LogP contribution in [0.3, 0.4) is 0 Å². The van der Waals surface area contributed by atoms with Gasteiger partial charge in [-0.2, -0.15) is 0 Å². The fraction of sp³-hybridized carbons (Fsp3) is 0.0435. The molecular weight excluding hydrogens is 387 g/mol. The average Bonchev–Trinajstić information content (AvgIpc) is 3.24. The third kappa shape index (κ3) is 4.73. The van der Waals surface area contributed by atoms with Crippen LogP contribution in [0.4, 0.5) is 10.1 Å². The Hall–Kier alpha value is -3.38. The number of carbonyl (C=O) groups is 1. The van der Waals surface area contributed by atoms with Crippen molar-refractivity contribution in [3.63, 3.8) is 0 Å². The number of amides is 1. The molecule has 0 spiro atoms. The zero-order valence-corrected chi connectivity index (χ0v) is 16.2. The van der Waals surface area contributed by atoms with Gasteiger partial charge in [0.15, 0.2) is 5.76 Å². The van der Waals surface area contributed by atoms with Crippen LogP contribution in [-0.2, 0) is 5.75 Å². The van der Waals surface area contributed by atoms with Crippen molar-refractivity contribution >= 4 is 23.4 Å². The Labute approximate surface area is 171 Å². The maximum atomic E-state index is 13.9. The van der Waals surface area contributed by atoms with Gasteiger partial charge in [-0.15, -0.1) is 11.8 Å². The van der Waals surface area contributed by atoms with Gasteiger partial charge >= 0.3 is 0 Å². The van der Waals surface area contributed by atoms with E-state index in [-0.39, 0.29) is 11.7 Å². The van der Waals surface area contributed by atoms with Crippen LogP contribution < -0.4 is 5.32 Å². The van der Waals surface area contributed by atoms with E-state index in [0.717, 1.165) is 16.2 Å². The molecule has 0 aliphatic rings. The summed E-state index contributed by atoms with van der Waals surface area (Å²) < 4.78 is 19.4. The molecule has 1 amide bonds. The first-order valence-electron chi connectivity index (χ1n) is 8.97. The molecule has 4 rings (SSSR count). The summed E-state index contributed by atoms with van der Waals surface area (Å²) in [6, 6.07) is 20.9. The van der Waals surface area contributed by atoms with Crippen molar-refractivity contribution in [2.75, 3.05) is 5.32 Å². The summed E-state index contributed by atoms with van der Waals surface area (Å²) in [5.74, 6) is 0.482. The van der Waals surface area contributed by atoms with E-state index < -0.39 is 5.82 Å². The number of pyridine rings is 1. The molecule has 4 nitrogen and oxygen atoms in total. The predicted molar refractivity (Wildman–Crippen MR) is 112 cm³/mol. The van der Waals surface area contributed by atoms with Gasteiger partial charge in [0, 0.05) is 28.7 Å². The van der Waals surface area contributed by atoms with Crippen molar-refractivity contribution in [1.82, 2.24) is 4.98 Å². The summed E-state index contributed by atoms with van der Waals surface area (Å²) in [6.07, 6.45) is 3.60. The Balaban J connectivity index is 1.38. The van der Waals surface area contributed by atoms with Crippen molar-refractivity contribution in [1.29, 1.82) is 0 Å². The Morgan fingerprint density at radius 1 is 1.00 bits per heavy atom. The number of nitrogens with one attached hydrogen (secondary N) is 1. The van der Waals surface area contributed by atoms with Gasteiger partial charge in [0.25, 0.3) is 5.91 Å². The molecule has 2 aromatic heterocycles. The molecule has 0 saturated carbocycles. The van der Waals surface area contributed by atoms with E-state index in [1.54, 1.807) is 42.2 Å². The first-order chi connectivity index (χ1) is 14.2. The minimum absolute atomic E-state index is 0.123. The molecule has 0 atom stereocenters. The van der Waals surface area contributed by atoms with Gasteiger partial charge in [0.2, 0.25) is 0 Å². The summed E-state index contributed by atoms with van der Waals surface area (Å²) in [5, 5.41) is 2.79. The van der Waals surface area contributed by atoms with E-state index in [9.17, 15) is 9.18 Å². The summed E-state index contributed by atoms with van der Waals surface area (Å²) in [5.41, 5.74) is 2.13. The van der Waals surface area contributed by atoms with Crippen molar-refractivity contribution in [3.8, 4) is 11.3 Å². The number of rotatable bonds is 6. The lowest BCUT2D eigenvalue weighted by molar-refractivity contribution is 0.0997. The van der Waals surface area contributed by atoms with E-state index in [1.807, 2.05) is 42.6 Å². The summed E-state index contributed by atoms with van der Waals surface area (Å²) in [7, 11) is 0. The molecule has 2 heterocycles. The van der Waals surface area contributed by atoms with E-state index in [1.165, 1.54) is 12.1 Å². The average molecular weight is 404 g/mol. The number of anilines is 1. The lowest BCUT2D eigenvalue weighted by Gasteiger charge is -2.06. The zero-order chi connectivity index (χ0) is 20.1. The highest BCUT2D eigenvalue weighted by molar-refractivity contribution is 7.98. The number of carbonyl (C=O) groups excluding carboxylic acids is 1. The highest BCUT2D eigenvalue weighted by Crippen LogP contribution is 2.26. The quantitative estimate of drug-likeness (QED) is 0.399. The summed E-state index contributed by atoms with van der Waals surface area (Å²) in [4.78, 5) is 17.6. The van der Waals surface area contributed by atoms with Crippen molar-refractivity contribution in [3.05, 3.63) is 102 Å². The molecule has 6 heteroatoms. The van der Waals surface area contributed by atoms with Crippen LogP contribution in [0.15, 0.2) is 94.5 Å². The normalized spacial score (nSPS) is 10.7. The molecule has 0 aliphatic carbocycles. The molecule has 0 bridgehead atoms. The van der Waals surface area contributed by atoms with E-state index in [2.05, 4.69) is 10.3 Å². The van der Waals surface area contributed by atoms with E-state index in [4.69, 9.17) is 4.42 Å². The molecule has 1 N–H and O–H groups in total. The lowest BCUT2D eigenvalue weighted by atomic mass is 10.1. The van der Waals surface area contributed by atoms with Gasteiger partial charge in [0.1, 0.15) is 11.6 Å². The number of nitrogens with zero attached hydrogens (tertiary/aromatic N) is 1. The first kappa shape index (κ1) is 19.0. The van der Waals surface area contributed by atoms with Crippen LogP contribution in [0.5, 0.6) is 0 Å². The Bertz CT molecular complexity index is 1110. The third-order valence-corrected chi connectivity index (χ3v) is 5.29. The van der Waals surface area contributed by atoms with Gasteiger partial charge in [-0.3, -0.25) is 9.78 Å². The molecular formula is C23H17FN2O2S. The minimum Gasteiger partial charge on any atom is -0.451 e. The van der Waals surface area contributed by atoms with Crippen molar-refractivity contribution < 1.29 is 13.6 Å². The fourth-order valence-electron chi connectivity index (χ4n) is 2.74. The zero-order valence-electron chi connectivity index (χ0n) is 15.3. The standard InChI is InChI=1S/C23H17FN2O2S/c24-20-6-2-1-5-19(20)21-11-12-22(28-21)23(27)26-17-7-9-18(10-8-17)29-15-16-4-3-13-25-14-16/h1-14H,15H2,(H,26,27). The van der Waals surface area contributed by atoms with Crippen molar-refractivity contribution in [2.45, 2.75) is 10.6 Å². The Kier molecular flexibility index (Phi) is 5.72. The largest absolute Gasteiger partial charge is 0.451 e. The second kappa shape index (κ2) is 8.75. The molecule has 144 valence electrons. The van der Waals surface area contributed by atoms with Crippen LogP contribution >= 0.6 is 11.8 Å². The van der Waals surface area contributed by atoms with Crippen LogP contribution in [0.2, 0.25) is 0 Å². The maximum absolute atomic E-state index is 13.9. The first-order valence-corrected chi connectivity index (χ1v) is 9.95. The highest BCUT2D eigenvalue weighted by Gasteiger charge is 2.14. The van der Waals surface area contributed by atoms with Crippen LogP contribution in [0.25, 0.3) is 11.3 Å². The predicted octanol–water partition coefficient (Wildman–Crippen LogP) is 6.03. The summed E-state index contributed by atoms with van der Waals surface area (Å²) >= 11 is 1.69. The van der Waals surface area contributed by atoms with Gasteiger partial charge in [0.05, 0.1) is 5.56 Å². The van der Waals surface area contributed by atoms with E-state index in [0.29, 0.717) is 17.0 Å². The SMILES string of the molecule is O=C(Nc1ccc(SCc2cccnc2)cc1)c1ccc(-c2ccccc2F)o1. The number of thioether (sulfide) groups is 1.